The predicted octanol–water partition coefficient (Wildman–Crippen LogP) is 2.10. The average molecular weight is 492 g/mol. The van der Waals surface area contributed by atoms with Gasteiger partial charge in [-0.1, -0.05) is 6.07 Å². The first kappa shape index (κ1) is 25.4. The van der Waals surface area contributed by atoms with Crippen LogP contribution in [0.25, 0.3) is 0 Å². The van der Waals surface area contributed by atoms with Gasteiger partial charge in [0.15, 0.2) is 9.84 Å². The number of fused-ring (bicyclic) bond motifs is 1. The summed E-state index contributed by atoms with van der Waals surface area (Å²) in [6.07, 6.45) is 2.79. The summed E-state index contributed by atoms with van der Waals surface area (Å²) in [7, 11) is -3.09. The van der Waals surface area contributed by atoms with Gasteiger partial charge in [0.1, 0.15) is 0 Å². The third-order valence-electron chi connectivity index (χ3n) is 6.26. The Morgan fingerprint density at radius 1 is 1.12 bits per heavy atom. The first-order valence-corrected chi connectivity index (χ1v) is 12.6. The largest absolute Gasteiger partial charge is 0.490 e. The number of carbonyl (C=O) groups excluding carboxylic acids is 1. The molecule has 2 saturated heterocycles. The number of pyridine rings is 1. The molecule has 1 amide bonds. The van der Waals surface area contributed by atoms with Crippen LogP contribution in [0, 0.1) is 5.92 Å². The number of hydrogen-bond acceptors (Lipinski definition) is 6. The molecule has 8 nitrogen and oxygen atoms in total. The number of rotatable bonds is 4. The van der Waals surface area contributed by atoms with E-state index in [-0.39, 0.29) is 23.0 Å². The third kappa shape index (κ3) is 7.13. The van der Waals surface area contributed by atoms with Gasteiger partial charge in [-0.05, 0) is 43.2 Å². The summed E-state index contributed by atoms with van der Waals surface area (Å²) in [4.78, 5) is 29.8. The normalized spacial score (nSPS) is 25.2. The maximum atomic E-state index is 12.7. The highest BCUT2D eigenvalue weighted by atomic mass is 32.2. The minimum absolute atomic E-state index is 0.00678. The fourth-order valence-corrected chi connectivity index (χ4v) is 6.37. The van der Waals surface area contributed by atoms with Crippen molar-refractivity contribution in [2.75, 3.05) is 25.4 Å². The van der Waals surface area contributed by atoms with Crippen LogP contribution in [-0.2, 0) is 26.0 Å². The van der Waals surface area contributed by atoms with E-state index in [9.17, 15) is 26.4 Å². The summed E-state index contributed by atoms with van der Waals surface area (Å²) in [5.41, 5.74) is 1.11. The van der Waals surface area contributed by atoms with Crippen LogP contribution in [0.4, 0.5) is 13.2 Å². The topological polar surface area (TPSA) is 108 Å². The molecule has 0 bridgehead atoms. The number of sulfone groups is 1. The average Bonchev–Trinajstić information content (AvgIpc) is 3.57. The zero-order valence-corrected chi connectivity index (χ0v) is 18.9. The maximum absolute atomic E-state index is 12.7. The molecule has 0 aromatic carbocycles. The second-order valence-corrected chi connectivity index (χ2v) is 11.1. The molecule has 3 heterocycles. The summed E-state index contributed by atoms with van der Waals surface area (Å²) in [6.45, 7) is 2.54. The van der Waals surface area contributed by atoms with Crippen molar-refractivity contribution in [3.05, 3.63) is 30.1 Å². The summed E-state index contributed by atoms with van der Waals surface area (Å²) in [5.74, 6) is -1.77. The lowest BCUT2D eigenvalue weighted by molar-refractivity contribution is -0.192. The number of aromatic nitrogens is 1. The Balaban J connectivity index is 0.000000383. The number of nitrogens with zero attached hydrogens (tertiary/aromatic N) is 3. The number of alkyl halides is 3. The van der Waals surface area contributed by atoms with Crippen molar-refractivity contribution in [2.24, 2.45) is 5.92 Å². The van der Waals surface area contributed by atoms with Crippen molar-refractivity contribution in [1.29, 1.82) is 0 Å². The van der Waals surface area contributed by atoms with E-state index >= 15 is 0 Å². The Bertz CT molecular complexity index is 938. The number of hydrogen-bond donors (Lipinski definition) is 1. The predicted molar refractivity (Wildman–Crippen MR) is 113 cm³/mol. The molecule has 1 saturated carbocycles. The van der Waals surface area contributed by atoms with Gasteiger partial charge < -0.3 is 10.0 Å². The summed E-state index contributed by atoms with van der Waals surface area (Å²) < 4.78 is 57.1. The van der Waals surface area contributed by atoms with Gasteiger partial charge in [-0.2, -0.15) is 13.2 Å². The minimum atomic E-state index is -5.08. The van der Waals surface area contributed by atoms with Gasteiger partial charge in [-0.15, -0.1) is 0 Å². The lowest BCUT2D eigenvalue weighted by atomic mass is 10.1. The molecule has 2 atom stereocenters. The van der Waals surface area contributed by atoms with E-state index in [2.05, 4.69) is 9.88 Å². The van der Waals surface area contributed by atoms with Crippen LogP contribution in [0.2, 0.25) is 0 Å². The molecule has 1 N–H and O–H groups in total. The first-order valence-electron chi connectivity index (χ1n) is 10.9. The van der Waals surface area contributed by atoms with Crippen molar-refractivity contribution < 1.29 is 36.3 Å². The van der Waals surface area contributed by atoms with Crippen LogP contribution in [0.5, 0.6) is 0 Å². The molecular weight excluding hydrogens is 463 g/mol. The second kappa shape index (κ2) is 10.4. The van der Waals surface area contributed by atoms with E-state index < -0.39 is 22.0 Å². The van der Waals surface area contributed by atoms with E-state index in [0.717, 1.165) is 31.4 Å². The van der Waals surface area contributed by atoms with Crippen molar-refractivity contribution in [3.63, 3.8) is 0 Å². The summed E-state index contributed by atoms with van der Waals surface area (Å²) in [6, 6.07) is 3.94. The molecule has 3 aliphatic rings. The zero-order valence-electron chi connectivity index (χ0n) is 18.1. The number of halogens is 3. The highest BCUT2D eigenvalue weighted by Gasteiger charge is 2.43. The minimum Gasteiger partial charge on any atom is -0.475 e. The van der Waals surface area contributed by atoms with Crippen LogP contribution >= 0.6 is 0 Å². The molecule has 4 rings (SSSR count). The molecule has 33 heavy (non-hydrogen) atoms. The molecule has 12 heteroatoms. The fourth-order valence-electron chi connectivity index (χ4n) is 4.33. The maximum Gasteiger partial charge on any atom is 0.490 e. The number of amides is 1. The van der Waals surface area contributed by atoms with Crippen molar-refractivity contribution >= 4 is 21.7 Å². The SMILES string of the molecule is O=C(CC1CC1)N1CC[C@@H]2[C@H](CC1)N(Cc1cccnc1)CCS2(=O)=O.O=C(O)C(F)(F)F. The molecule has 0 spiro atoms. The van der Waals surface area contributed by atoms with Crippen LogP contribution in [0.1, 0.15) is 37.7 Å². The Labute approximate surface area is 190 Å². The van der Waals surface area contributed by atoms with E-state index in [1.54, 1.807) is 6.20 Å². The quantitative estimate of drug-likeness (QED) is 0.687. The van der Waals surface area contributed by atoms with E-state index in [4.69, 9.17) is 9.90 Å². The highest BCUT2D eigenvalue weighted by Crippen LogP contribution is 2.34. The standard InChI is InChI=1S/C19H27N3O3S.C2HF3O2/c23-19(12-15-3-4-15)21-8-5-17-18(6-9-21)26(24,25)11-10-22(17)14-16-2-1-7-20-13-16;3-2(4,5)1(6)7/h1-2,7,13,15,17-18H,3-6,8-12,14H2;(H,6,7)/t17-,18+;/m0./s1. The molecule has 1 aromatic rings. The first-order chi connectivity index (χ1) is 15.5. The molecule has 3 fully saturated rings. The van der Waals surface area contributed by atoms with Crippen molar-refractivity contribution in [3.8, 4) is 0 Å². The van der Waals surface area contributed by atoms with E-state index in [1.165, 1.54) is 0 Å². The molecule has 0 unspecified atom stereocenters. The Kier molecular flexibility index (Phi) is 7.99. The molecule has 184 valence electrons. The van der Waals surface area contributed by atoms with Crippen molar-refractivity contribution in [2.45, 2.75) is 56.1 Å². The smallest absolute Gasteiger partial charge is 0.475 e. The number of carbonyl (C=O) groups is 2. The second-order valence-electron chi connectivity index (χ2n) is 8.71. The fraction of sp³-hybridized carbons (Fsp3) is 0.667. The number of carboxylic acids is 1. The Morgan fingerprint density at radius 3 is 2.36 bits per heavy atom. The Morgan fingerprint density at radius 2 is 1.79 bits per heavy atom. The van der Waals surface area contributed by atoms with Gasteiger partial charge in [0.2, 0.25) is 5.91 Å². The number of aliphatic carboxylic acids is 1. The highest BCUT2D eigenvalue weighted by molar-refractivity contribution is 7.92. The van der Waals surface area contributed by atoms with E-state index in [1.807, 2.05) is 23.2 Å². The molecular formula is C21H28F3N3O5S. The van der Waals surface area contributed by atoms with Gasteiger partial charge >= 0.3 is 12.1 Å². The molecule has 1 aromatic heterocycles. The van der Waals surface area contributed by atoms with Gasteiger partial charge in [0, 0.05) is 51.0 Å². The summed E-state index contributed by atoms with van der Waals surface area (Å²) >= 11 is 0. The Hall–Kier alpha value is -2.21. The van der Waals surface area contributed by atoms with Crippen molar-refractivity contribution in [1.82, 2.24) is 14.8 Å². The zero-order chi connectivity index (χ0) is 24.2. The van der Waals surface area contributed by atoms with Gasteiger partial charge in [-0.25, -0.2) is 13.2 Å². The monoisotopic (exact) mass is 491 g/mol. The third-order valence-corrected chi connectivity index (χ3v) is 8.49. The van der Waals surface area contributed by atoms with Crippen LogP contribution < -0.4 is 0 Å². The molecule has 1 aliphatic carbocycles. The van der Waals surface area contributed by atoms with Gasteiger partial charge in [0.25, 0.3) is 0 Å². The molecule has 2 aliphatic heterocycles. The molecule has 0 radical (unpaired) electrons. The number of likely N-dealkylation sites (tertiary alicyclic amines) is 1. The van der Waals surface area contributed by atoms with E-state index in [0.29, 0.717) is 38.4 Å². The van der Waals surface area contributed by atoms with Gasteiger partial charge in [0.05, 0.1) is 11.0 Å². The van der Waals surface area contributed by atoms with Crippen LogP contribution in [0.3, 0.4) is 0 Å². The summed E-state index contributed by atoms with van der Waals surface area (Å²) in [5, 5.41) is 6.77. The lowest BCUT2D eigenvalue weighted by Gasteiger charge is -2.40. The van der Waals surface area contributed by atoms with Gasteiger partial charge in [-0.3, -0.25) is 14.7 Å². The van der Waals surface area contributed by atoms with Crippen LogP contribution in [-0.4, -0.2) is 83.0 Å². The van der Waals surface area contributed by atoms with Crippen LogP contribution in [0.15, 0.2) is 24.5 Å². The lowest BCUT2D eigenvalue weighted by Crippen LogP contribution is -2.54. The number of carboxylic acid groups (broad SMARTS) is 1.